The van der Waals surface area contributed by atoms with E-state index in [-0.39, 0.29) is 0 Å². The average Bonchev–Trinajstić information content (AvgIpc) is 2.50. The Balaban J connectivity index is 2.65. The number of rotatable bonds is 9. The minimum absolute atomic E-state index is 0.423. The molecule has 0 amide bonds. The number of aliphatic hydroxyl groups is 1. The van der Waals surface area contributed by atoms with E-state index in [1.165, 1.54) is 12.8 Å². The minimum atomic E-state index is -0.423. The van der Waals surface area contributed by atoms with Gasteiger partial charge >= 0.3 is 0 Å². The van der Waals surface area contributed by atoms with Crippen LogP contribution in [0.1, 0.15) is 57.3 Å². The van der Waals surface area contributed by atoms with Crippen LogP contribution in [0.25, 0.3) is 0 Å². The van der Waals surface area contributed by atoms with Crippen LogP contribution in [-0.2, 0) is 6.54 Å². The first kappa shape index (κ1) is 17.2. The maximum absolute atomic E-state index is 10.4. The van der Waals surface area contributed by atoms with Crippen molar-refractivity contribution in [3.8, 4) is 0 Å². The number of nitrogens with two attached hydrogens (primary N) is 1. The summed E-state index contributed by atoms with van der Waals surface area (Å²) >= 11 is 0. The number of unbranched alkanes of at least 4 members (excludes halogenated alkanes) is 1. The first-order chi connectivity index (χ1) is 9.62. The molecular formula is C17H30N2O. The van der Waals surface area contributed by atoms with Crippen LogP contribution >= 0.6 is 0 Å². The van der Waals surface area contributed by atoms with E-state index in [4.69, 9.17) is 5.73 Å². The number of nitrogens with zero attached hydrogens (tertiary/aromatic N) is 1. The average molecular weight is 278 g/mol. The minimum Gasteiger partial charge on any atom is -0.387 e. The first-order valence-electron chi connectivity index (χ1n) is 7.83. The molecule has 3 heteroatoms. The van der Waals surface area contributed by atoms with Crippen LogP contribution in [0.5, 0.6) is 0 Å². The molecule has 0 aliphatic rings. The Morgan fingerprint density at radius 2 is 1.85 bits per heavy atom. The van der Waals surface area contributed by atoms with E-state index < -0.39 is 6.10 Å². The zero-order valence-electron chi connectivity index (χ0n) is 13.2. The van der Waals surface area contributed by atoms with E-state index in [2.05, 4.69) is 25.7 Å². The van der Waals surface area contributed by atoms with Crippen molar-refractivity contribution in [3.05, 3.63) is 35.4 Å². The molecule has 2 atom stereocenters. The maximum atomic E-state index is 10.4. The third-order valence-electron chi connectivity index (χ3n) is 4.02. The van der Waals surface area contributed by atoms with Gasteiger partial charge in [0.2, 0.25) is 0 Å². The molecule has 0 radical (unpaired) electrons. The van der Waals surface area contributed by atoms with Gasteiger partial charge in [-0.3, -0.25) is 4.90 Å². The van der Waals surface area contributed by atoms with Gasteiger partial charge in [0.25, 0.3) is 0 Å². The fourth-order valence-electron chi connectivity index (χ4n) is 2.31. The standard InChI is InChI=1S/C17H30N2O/c1-4-6-11-19(14(3)5-2)13-17(20)16-9-7-15(12-18)8-10-16/h7-10,14,17,20H,4-6,11-13,18H2,1-3H3. The Morgan fingerprint density at radius 1 is 1.20 bits per heavy atom. The Hall–Kier alpha value is -0.900. The number of hydrogen-bond acceptors (Lipinski definition) is 3. The molecule has 0 aliphatic carbocycles. The van der Waals surface area contributed by atoms with Gasteiger partial charge in [-0.05, 0) is 37.4 Å². The Labute approximate surface area is 123 Å². The summed E-state index contributed by atoms with van der Waals surface area (Å²) in [6.07, 6.45) is 3.06. The first-order valence-corrected chi connectivity index (χ1v) is 7.83. The smallest absolute Gasteiger partial charge is 0.0917 e. The van der Waals surface area contributed by atoms with Gasteiger partial charge in [0, 0.05) is 19.1 Å². The summed E-state index contributed by atoms with van der Waals surface area (Å²) in [5.41, 5.74) is 7.68. The van der Waals surface area contributed by atoms with Gasteiger partial charge in [-0.1, -0.05) is 44.5 Å². The molecule has 0 saturated carbocycles. The predicted octanol–water partition coefficient (Wildman–Crippen LogP) is 3.08. The van der Waals surface area contributed by atoms with E-state index >= 15 is 0 Å². The summed E-state index contributed by atoms with van der Waals surface area (Å²) in [7, 11) is 0. The van der Waals surface area contributed by atoms with Crippen molar-refractivity contribution in [1.29, 1.82) is 0 Å². The van der Waals surface area contributed by atoms with Gasteiger partial charge in [-0.15, -0.1) is 0 Å². The topological polar surface area (TPSA) is 49.5 Å². The SMILES string of the molecule is CCCCN(CC(O)c1ccc(CN)cc1)C(C)CC. The molecule has 3 nitrogen and oxygen atoms in total. The molecule has 1 aromatic carbocycles. The fraction of sp³-hybridized carbons (Fsp3) is 0.647. The van der Waals surface area contributed by atoms with Crippen molar-refractivity contribution in [2.24, 2.45) is 5.73 Å². The zero-order valence-corrected chi connectivity index (χ0v) is 13.2. The van der Waals surface area contributed by atoms with Crippen molar-refractivity contribution in [2.75, 3.05) is 13.1 Å². The molecule has 1 rings (SSSR count). The van der Waals surface area contributed by atoms with Gasteiger partial charge < -0.3 is 10.8 Å². The number of hydrogen-bond donors (Lipinski definition) is 2. The van der Waals surface area contributed by atoms with Gasteiger partial charge in [-0.2, -0.15) is 0 Å². The summed E-state index contributed by atoms with van der Waals surface area (Å²) in [6.45, 7) is 8.95. The predicted molar refractivity (Wildman–Crippen MR) is 85.5 cm³/mol. The molecule has 0 spiro atoms. The van der Waals surface area contributed by atoms with E-state index in [1.807, 2.05) is 24.3 Å². The van der Waals surface area contributed by atoms with Crippen LogP contribution in [0, 0.1) is 0 Å². The Bertz CT molecular complexity index is 364. The highest BCUT2D eigenvalue weighted by Gasteiger charge is 2.17. The van der Waals surface area contributed by atoms with E-state index in [1.54, 1.807) is 0 Å². The summed E-state index contributed by atoms with van der Waals surface area (Å²) in [5, 5.41) is 10.4. The molecule has 114 valence electrons. The van der Waals surface area contributed by atoms with Crippen molar-refractivity contribution < 1.29 is 5.11 Å². The molecule has 2 unspecified atom stereocenters. The second kappa shape index (κ2) is 9.11. The second-order valence-corrected chi connectivity index (χ2v) is 5.57. The summed E-state index contributed by atoms with van der Waals surface area (Å²) in [6, 6.07) is 8.48. The second-order valence-electron chi connectivity index (χ2n) is 5.57. The highest BCUT2D eigenvalue weighted by molar-refractivity contribution is 5.24. The van der Waals surface area contributed by atoms with E-state index in [0.717, 1.165) is 24.1 Å². The molecule has 0 heterocycles. The summed E-state index contributed by atoms with van der Waals surface area (Å²) in [4.78, 5) is 2.39. The van der Waals surface area contributed by atoms with E-state index in [9.17, 15) is 5.11 Å². The molecule has 1 aromatic rings. The lowest BCUT2D eigenvalue weighted by Gasteiger charge is -2.30. The third-order valence-corrected chi connectivity index (χ3v) is 4.02. The maximum Gasteiger partial charge on any atom is 0.0917 e. The van der Waals surface area contributed by atoms with Crippen LogP contribution in [0.15, 0.2) is 24.3 Å². The number of aliphatic hydroxyl groups excluding tert-OH is 1. The van der Waals surface area contributed by atoms with Gasteiger partial charge in [-0.25, -0.2) is 0 Å². The van der Waals surface area contributed by atoms with Crippen LogP contribution in [0.4, 0.5) is 0 Å². The third kappa shape index (κ3) is 5.23. The Morgan fingerprint density at radius 3 is 2.35 bits per heavy atom. The van der Waals surface area contributed by atoms with Crippen LogP contribution in [-0.4, -0.2) is 29.1 Å². The molecule has 0 fully saturated rings. The lowest BCUT2D eigenvalue weighted by Crippen LogP contribution is -2.37. The van der Waals surface area contributed by atoms with Crippen LogP contribution < -0.4 is 5.73 Å². The monoisotopic (exact) mass is 278 g/mol. The van der Waals surface area contributed by atoms with Crippen LogP contribution in [0.3, 0.4) is 0 Å². The lowest BCUT2D eigenvalue weighted by atomic mass is 10.1. The Kier molecular flexibility index (Phi) is 7.82. The molecule has 0 saturated heterocycles. The van der Waals surface area contributed by atoms with Gasteiger partial charge in [0.05, 0.1) is 6.10 Å². The van der Waals surface area contributed by atoms with Crippen molar-refractivity contribution in [3.63, 3.8) is 0 Å². The van der Waals surface area contributed by atoms with Crippen LogP contribution in [0.2, 0.25) is 0 Å². The summed E-state index contributed by atoms with van der Waals surface area (Å²) in [5.74, 6) is 0. The summed E-state index contributed by atoms with van der Waals surface area (Å²) < 4.78 is 0. The molecule has 20 heavy (non-hydrogen) atoms. The van der Waals surface area contributed by atoms with Gasteiger partial charge in [0.15, 0.2) is 0 Å². The largest absolute Gasteiger partial charge is 0.387 e. The molecule has 0 bridgehead atoms. The molecular weight excluding hydrogens is 248 g/mol. The van der Waals surface area contributed by atoms with E-state index in [0.29, 0.717) is 19.1 Å². The highest BCUT2D eigenvalue weighted by atomic mass is 16.3. The highest BCUT2D eigenvalue weighted by Crippen LogP contribution is 2.17. The van der Waals surface area contributed by atoms with Crippen molar-refractivity contribution in [2.45, 2.75) is 58.7 Å². The van der Waals surface area contributed by atoms with Crippen molar-refractivity contribution in [1.82, 2.24) is 4.90 Å². The quantitative estimate of drug-likeness (QED) is 0.730. The molecule has 3 N–H and O–H groups in total. The zero-order chi connectivity index (χ0) is 15.0. The molecule has 0 aromatic heterocycles. The lowest BCUT2D eigenvalue weighted by molar-refractivity contribution is 0.0887. The fourth-order valence-corrected chi connectivity index (χ4v) is 2.31. The molecule has 0 aliphatic heterocycles. The normalized spacial score (nSPS) is 14.5. The van der Waals surface area contributed by atoms with Gasteiger partial charge in [0.1, 0.15) is 0 Å². The number of benzene rings is 1. The van der Waals surface area contributed by atoms with Crippen molar-refractivity contribution >= 4 is 0 Å².